The minimum absolute atomic E-state index is 0.145. The summed E-state index contributed by atoms with van der Waals surface area (Å²) in [5, 5.41) is 9.61. The number of carbonyl (C=O) groups is 1. The lowest BCUT2D eigenvalue weighted by Gasteiger charge is -2.30. The highest BCUT2D eigenvalue weighted by Gasteiger charge is 2.21. The monoisotopic (exact) mass is 275 g/mol. The molecule has 4 nitrogen and oxygen atoms in total. The second kappa shape index (κ2) is 6.58. The van der Waals surface area contributed by atoms with Crippen LogP contribution in [-0.4, -0.2) is 34.6 Å². The van der Waals surface area contributed by atoms with E-state index in [4.69, 9.17) is 5.26 Å². The van der Waals surface area contributed by atoms with Crippen LogP contribution >= 0.6 is 11.8 Å². The molecule has 5 heteroatoms. The number of nitrogens with zero attached hydrogens (tertiary/aromatic N) is 3. The van der Waals surface area contributed by atoms with Gasteiger partial charge in [0.1, 0.15) is 11.1 Å². The topological polar surface area (TPSA) is 57.0 Å². The Balaban J connectivity index is 1.91. The van der Waals surface area contributed by atoms with Gasteiger partial charge in [0.05, 0.1) is 11.3 Å². The average molecular weight is 275 g/mol. The predicted molar refractivity (Wildman–Crippen MR) is 74.7 cm³/mol. The summed E-state index contributed by atoms with van der Waals surface area (Å²) in [6.45, 7) is 3.89. The van der Waals surface area contributed by atoms with Gasteiger partial charge < -0.3 is 4.90 Å². The molecule has 0 bridgehead atoms. The van der Waals surface area contributed by atoms with Gasteiger partial charge in [-0.2, -0.15) is 5.26 Å². The lowest BCUT2D eigenvalue weighted by atomic mass is 10.0. The number of likely N-dealkylation sites (tertiary alicyclic amines) is 1. The van der Waals surface area contributed by atoms with Crippen LogP contribution in [0.4, 0.5) is 0 Å². The van der Waals surface area contributed by atoms with E-state index in [2.05, 4.69) is 18.0 Å². The van der Waals surface area contributed by atoms with Crippen molar-refractivity contribution in [3.63, 3.8) is 0 Å². The molecule has 0 aromatic carbocycles. The fraction of sp³-hybridized carbons (Fsp3) is 0.500. The van der Waals surface area contributed by atoms with E-state index in [-0.39, 0.29) is 5.91 Å². The number of aromatic nitrogens is 1. The first-order valence-electron chi connectivity index (χ1n) is 6.46. The van der Waals surface area contributed by atoms with Crippen LogP contribution in [0.1, 0.15) is 25.3 Å². The molecule has 1 unspecified atom stereocenters. The van der Waals surface area contributed by atoms with E-state index in [1.165, 1.54) is 18.2 Å². The van der Waals surface area contributed by atoms with E-state index in [1.54, 1.807) is 18.3 Å². The SMILES string of the molecule is CC1CCCN(C(=O)CSc2ncccc2C#N)C1. The van der Waals surface area contributed by atoms with E-state index in [0.29, 0.717) is 22.3 Å². The van der Waals surface area contributed by atoms with Crippen LogP contribution in [0.2, 0.25) is 0 Å². The van der Waals surface area contributed by atoms with E-state index in [0.717, 1.165) is 19.5 Å². The number of piperidine rings is 1. The first-order valence-corrected chi connectivity index (χ1v) is 7.45. The van der Waals surface area contributed by atoms with Crippen molar-refractivity contribution >= 4 is 17.7 Å². The summed E-state index contributed by atoms with van der Waals surface area (Å²) in [4.78, 5) is 18.2. The van der Waals surface area contributed by atoms with Gasteiger partial charge >= 0.3 is 0 Å². The highest BCUT2D eigenvalue weighted by Crippen LogP contribution is 2.21. The minimum atomic E-state index is 0.145. The predicted octanol–water partition coefficient (Wildman–Crippen LogP) is 2.30. The molecule has 1 amide bonds. The number of nitriles is 1. The molecule has 0 radical (unpaired) electrons. The van der Waals surface area contributed by atoms with Gasteiger partial charge in [0.15, 0.2) is 0 Å². The lowest BCUT2D eigenvalue weighted by Crippen LogP contribution is -2.40. The Morgan fingerprint density at radius 3 is 3.26 bits per heavy atom. The smallest absolute Gasteiger partial charge is 0.232 e. The zero-order valence-corrected chi connectivity index (χ0v) is 11.8. The van der Waals surface area contributed by atoms with Gasteiger partial charge in [-0.15, -0.1) is 0 Å². The third kappa shape index (κ3) is 3.71. The molecule has 1 aromatic heterocycles. The van der Waals surface area contributed by atoms with Crippen LogP contribution in [0.15, 0.2) is 23.4 Å². The van der Waals surface area contributed by atoms with Crippen molar-refractivity contribution < 1.29 is 4.79 Å². The van der Waals surface area contributed by atoms with Crippen LogP contribution in [-0.2, 0) is 4.79 Å². The Morgan fingerprint density at radius 1 is 1.68 bits per heavy atom. The molecule has 100 valence electrons. The highest BCUT2D eigenvalue weighted by molar-refractivity contribution is 7.99. The van der Waals surface area contributed by atoms with Gasteiger partial charge in [0.2, 0.25) is 5.91 Å². The molecule has 1 aliphatic rings. The van der Waals surface area contributed by atoms with Crippen LogP contribution in [0.3, 0.4) is 0 Å². The van der Waals surface area contributed by atoms with E-state index < -0.39 is 0 Å². The number of amides is 1. The molecule has 1 aliphatic heterocycles. The molecule has 1 aromatic rings. The van der Waals surface area contributed by atoms with Gasteiger partial charge in [-0.25, -0.2) is 4.98 Å². The van der Waals surface area contributed by atoms with Gasteiger partial charge in [-0.1, -0.05) is 18.7 Å². The Morgan fingerprint density at radius 2 is 2.53 bits per heavy atom. The summed E-state index contributed by atoms with van der Waals surface area (Å²) < 4.78 is 0. The molecule has 0 aliphatic carbocycles. The number of carbonyl (C=O) groups excluding carboxylic acids is 1. The van der Waals surface area contributed by atoms with Crippen molar-refractivity contribution in [2.24, 2.45) is 5.92 Å². The van der Waals surface area contributed by atoms with Crippen molar-refractivity contribution in [1.82, 2.24) is 9.88 Å². The molecule has 0 spiro atoms. The van der Waals surface area contributed by atoms with Crippen LogP contribution in [0, 0.1) is 17.2 Å². The molecule has 1 saturated heterocycles. The second-order valence-electron chi connectivity index (χ2n) is 4.84. The molecule has 1 atom stereocenters. The van der Waals surface area contributed by atoms with Crippen LogP contribution in [0.5, 0.6) is 0 Å². The largest absolute Gasteiger partial charge is 0.342 e. The molecule has 2 rings (SSSR count). The quantitative estimate of drug-likeness (QED) is 0.794. The normalized spacial score (nSPS) is 18.9. The fourth-order valence-electron chi connectivity index (χ4n) is 2.23. The molecule has 1 fully saturated rings. The average Bonchev–Trinajstić information content (AvgIpc) is 2.45. The van der Waals surface area contributed by atoms with Gasteiger partial charge in [0, 0.05) is 19.3 Å². The zero-order valence-electron chi connectivity index (χ0n) is 11.0. The fourth-order valence-corrected chi connectivity index (χ4v) is 3.08. The van der Waals surface area contributed by atoms with Gasteiger partial charge in [-0.05, 0) is 30.9 Å². The zero-order chi connectivity index (χ0) is 13.7. The molecule has 19 heavy (non-hydrogen) atoms. The Kier molecular flexibility index (Phi) is 4.80. The first-order chi connectivity index (χ1) is 9.20. The number of rotatable bonds is 3. The van der Waals surface area contributed by atoms with Gasteiger partial charge in [-0.3, -0.25) is 4.79 Å². The van der Waals surface area contributed by atoms with Crippen molar-refractivity contribution in [1.29, 1.82) is 5.26 Å². The standard InChI is InChI=1S/C14H17N3OS/c1-11-4-3-7-17(9-11)13(18)10-19-14-12(8-15)5-2-6-16-14/h2,5-6,11H,3-4,7,9-10H2,1H3. The van der Waals surface area contributed by atoms with E-state index in [1.807, 2.05) is 4.90 Å². The number of pyridine rings is 1. The lowest BCUT2D eigenvalue weighted by molar-refractivity contribution is -0.130. The van der Waals surface area contributed by atoms with E-state index >= 15 is 0 Å². The summed E-state index contributed by atoms with van der Waals surface area (Å²) >= 11 is 1.35. The van der Waals surface area contributed by atoms with Crippen molar-refractivity contribution in [2.45, 2.75) is 24.8 Å². The van der Waals surface area contributed by atoms with E-state index in [9.17, 15) is 4.79 Å². The number of thioether (sulfide) groups is 1. The molecule has 0 saturated carbocycles. The maximum Gasteiger partial charge on any atom is 0.232 e. The Labute approximate surface area is 117 Å². The summed E-state index contributed by atoms with van der Waals surface area (Å²) in [6.07, 6.45) is 3.94. The van der Waals surface area contributed by atoms with Crippen LogP contribution < -0.4 is 0 Å². The van der Waals surface area contributed by atoms with Crippen LogP contribution in [0.25, 0.3) is 0 Å². The van der Waals surface area contributed by atoms with Crippen molar-refractivity contribution in [3.8, 4) is 6.07 Å². The van der Waals surface area contributed by atoms with Gasteiger partial charge in [0.25, 0.3) is 0 Å². The summed E-state index contributed by atoms with van der Waals surface area (Å²) in [5.74, 6) is 1.09. The first kappa shape index (κ1) is 13.9. The summed E-state index contributed by atoms with van der Waals surface area (Å²) in [6, 6.07) is 5.56. The molecular weight excluding hydrogens is 258 g/mol. The maximum atomic E-state index is 12.1. The minimum Gasteiger partial charge on any atom is -0.342 e. The van der Waals surface area contributed by atoms with Crippen molar-refractivity contribution in [2.75, 3.05) is 18.8 Å². The number of hydrogen-bond acceptors (Lipinski definition) is 4. The Hall–Kier alpha value is -1.54. The summed E-state index contributed by atoms with van der Waals surface area (Å²) in [7, 11) is 0. The summed E-state index contributed by atoms with van der Waals surface area (Å²) in [5.41, 5.74) is 0.535. The Bertz CT molecular complexity index is 498. The molecule has 0 N–H and O–H groups in total. The third-order valence-electron chi connectivity index (χ3n) is 3.23. The highest BCUT2D eigenvalue weighted by atomic mass is 32.2. The second-order valence-corrected chi connectivity index (χ2v) is 5.81. The van der Waals surface area contributed by atoms with Crippen molar-refractivity contribution in [3.05, 3.63) is 23.9 Å². The molecular formula is C14H17N3OS. The molecule has 2 heterocycles. The third-order valence-corrected chi connectivity index (χ3v) is 4.22. The maximum absolute atomic E-state index is 12.1. The number of hydrogen-bond donors (Lipinski definition) is 0.